The maximum absolute atomic E-state index is 12.9. The zero-order valence-electron chi connectivity index (χ0n) is 16.9. The molecule has 3 heterocycles. The number of anilines is 1. The van der Waals surface area contributed by atoms with Crippen molar-refractivity contribution in [2.75, 3.05) is 18.4 Å². The normalized spacial score (nSPS) is 19.5. The fourth-order valence-electron chi connectivity index (χ4n) is 4.10. The van der Waals surface area contributed by atoms with E-state index in [1.807, 2.05) is 13.8 Å². The summed E-state index contributed by atoms with van der Waals surface area (Å²) in [5, 5.41) is 18.4. The number of carboxylic acids is 1. The van der Waals surface area contributed by atoms with Gasteiger partial charge in [-0.15, -0.1) is 0 Å². The number of H-pyrrole nitrogens is 1. The Hall–Kier alpha value is -3.39. The number of amides is 2. The molecule has 0 spiro atoms. The molecule has 2 aliphatic rings. The zero-order chi connectivity index (χ0) is 21.4. The van der Waals surface area contributed by atoms with Crippen LogP contribution in [0, 0.1) is 13.8 Å². The number of aromatic amines is 1. The molecule has 1 fully saturated rings. The van der Waals surface area contributed by atoms with Crippen molar-refractivity contribution in [1.82, 2.24) is 15.6 Å². The van der Waals surface area contributed by atoms with Gasteiger partial charge in [0.2, 0.25) is 0 Å². The fraction of sp³-hybridized carbons (Fsp3) is 0.318. The highest BCUT2D eigenvalue weighted by atomic mass is 16.4. The average Bonchev–Trinajstić information content (AvgIpc) is 3.17. The van der Waals surface area contributed by atoms with Gasteiger partial charge in [-0.05, 0) is 63.1 Å². The van der Waals surface area contributed by atoms with Gasteiger partial charge in [-0.25, -0.2) is 4.79 Å². The first kappa shape index (κ1) is 19.9. The third-order valence-corrected chi connectivity index (χ3v) is 5.67. The van der Waals surface area contributed by atoms with Crippen LogP contribution in [0.15, 0.2) is 18.2 Å². The molecule has 2 aliphatic heterocycles. The van der Waals surface area contributed by atoms with Crippen molar-refractivity contribution in [3.05, 3.63) is 51.8 Å². The van der Waals surface area contributed by atoms with Gasteiger partial charge in [0.05, 0.1) is 16.7 Å². The van der Waals surface area contributed by atoms with Crippen molar-refractivity contribution >= 4 is 35.1 Å². The topological polar surface area (TPSA) is 123 Å². The summed E-state index contributed by atoms with van der Waals surface area (Å²) in [6, 6.07) is 4.62. The van der Waals surface area contributed by atoms with Crippen LogP contribution in [0.4, 0.5) is 5.69 Å². The molecule has 156 valence electrons. The smallest absolute Gasteiger partial charge is 0.335 e. The maximum atomic E-state index is 12.9. The number of fused-ring (bicyclic) bond motifs is 1. The molecule has 5 N–H and O–H groups in total. The van der Waals surface area contributed by atoms with Crippen LogP contribution in [0.1, 0.15) is 56.1 Å². The van der Waals surface area contributed by atoms with Gasteiger partial charge < -0.3 is 26.0 Å². The molecule has 8 heteroatoms. The Morgan fingerprint density at radius 2 is 2.07 bits per heavy atom. The van der Waals surface area contributed by atoms with Gasteiger partial charge in [-0.2, -0.15) is 0 Å². The van der Waals surface area contributed by atoms with Crippen molar-refractivity contribution in [3.8, 4) is 0 Å². The highest BCUT2D eigenvalue weighted by molar-refractivity contribution is 6.35. The molecule has 0 bridgehead atoms. The summed E-state index contributed by atoms with van der Waals surface area (Å²) in [5.74, 6) is -1.50. The van der Waals surface area contributed by atoms with Gasteiger partial charge in [0, 0.05) is 35.2 Å². The van der Waals surface area contributed by atoms with Crippen LogP contribution in [-0.4, -0.2) is 47.0 Å². The number of hydrogen-bond donors (Lipinski definition) is 5. The predicted octanol–water partition coefficient (Wildman–Crippen LogP) is 2.30. The van der Waals surface area contributed by atoms with E-state index in [-0.39, 0.29) is 23.4 Å². The van der Waals surface area contributed by atoms with Crippen molar-refractivity contribution in [3.63, 3.8) is 0 Å². The Labute approximate surface area is 173 Å². The molecule has 1 aromatic heterocycles. The van der Waals surface area contributed by atoms with E-state index >= 15 is 0 Å². The van der Waals surface area contributed by atoms with Gasteiger partial charge in [-0.1, -0.05) is 0 Å². The number of carbonyl (C=O) groups is 3. The van der Waals surface area contributed by atoms with Gasteiger partial charge in [0.1, 0.15) is 0 Å². The molecule has 8 nitrogen and oxygen atoms in total. The molecule has 1 saturated heterocycles. The van der Waals surface area contributed by atoms with Crippen LogP contribution in [0.2, 0.25) is 0 Å². The lowest BCUT2D eigenvalue weighted by molar-refractivity contribution is -0.110. The molecule has 2 amide bonds. The monoisotopic (exact) mass is 408 g/mol. The number of piperidine rings is 1. The summed E-state index contributed by atoms with van der Waals surface area (Å²) in [4.78, 5) is 39.9. The second-order valence-electron chi connectivity index (χ2n) is 7.76. The molecule has 4 rings (SSSR count). The van der Waals surface area contributed by atoms with E-state index in [1.54, 1.807) is 12.1 Å². The van der Waals surface area contributed by atoms with Crippen LogP contribution in [-0.2, 0) is 4.79 Å². The molecule has 0 radical (unpaired) electrons. The third kappa shape index (κ3) is 3.61. The Bertz CT molecular complexity index is 1080. The fourth-order valence-corrected chi connectivity index (χ4v) is 4.10. The third-order valence-electron chi connectivity index (χ3n) is 5.67. The largest absolute Gasteiger partial charge is 0.478 e. The summed E-state index contributed by atoms with van der Waals surface area (Å²) in [6.07, 6.45) is 3.65. The van der Waals surface area contributed by atoms with Crippen LogP contribution in [0.3, 0.4) is 0 Å². The number of aromatic carboxylic acids is 1. The highest BCUT2D eigenvalue weighted by Crippen LogP contribution is 2.34. The molecule has 1 aromatic carbocycles. The van der Waals surface area contributed by atoms with Crippen molar-refractivity contribution in [2.24, 2.45) is 0 Å². The van der Waals surface area contributed by atoms with Crippen LogP contribution in [0.25, 0.3) is 11.6 Å². The lowest BCUT2D eigenvalue weighted by Crippen LogP contribution is -2.45. The lowest BCUT2D eigenvalue weighted by Gasteiger charge is -2.23. The lowest BCUT2D eigenvalue weighted by atomic mass is 10.0. The number of nitrogens with one attached hydrogen (secondary N) is 4. The number of carbonyl (C=O) groups excluding carboxylic acids is 2. The number of benzene rings is 1. The first-order chi connectivity index (χ1) is 14.3. The first-order valence-electron chi connectivity index (χ1n) is 9.96. The first-order valence-corrected chi connectivity index (χ1v) is 9.96. The Morgan fingerprint density at radius 3 is 2.77 bits per heavy atom. The second kappa shape index (κ2) is 7.79. The molecule has 30 heavy (non-hydrogen) atoms. The van der Waals surface area contributed by atoms with E-state index in [1.165, 1.54) is 12.1 Å². The van der Waals surface area contributed by atoms with Crippen LogP contribution >= 0.6 is 0 Å². The SMILES string of the molecule is Cc1[nH]c(C=C2C(=O)Nc3ccc(C(=O)O)cc32)c(C)c1C(=O)N[C@@H]1CCCNC1. The number of rotatable bonds is 4. The minimum atomic E-state index is -1.06. The Balaban J connectivity index is 1.66. The number of aryl methyl sites for hydroxylation is 1. The van der Waals surface area contributed by atoms with E-state index in [2.05, 4.69) is 20.9 Å². The molecular weight excluding hydrogens is 384 g/mol. The summed E-state index contributed by atoms with van der Waals surface area (Å²) in [5.41, 5.74) is 4.27. The van der Waals surface area contributed by atoms with E-state index in [9.17, 15) is 19.5 Å². The average molecular weight is 408 g/mol. The van der Waals surface area contributed by atoms with Gasteiger partial charge in [0.25, 0.3) is 11.8 Å². The summed E-state index contributed by atoms with van der Waals surface area (Å²) in [7, 11) is 0. The standard InChI is InChI=1S/C22H24N4O4/c1-11-18(24-12(2)19(11)21(28)25-14-4-3-7-23-10-14)9-16-15-8-13(22(29)30)5-6-17(15)26-20(16)27/h5-6,8-9,14,23-24H,3-4,7,10H2,1-2H3,(H,25,28)(H,26,27)(H,29,30)/t14-/m1/s1. The maximum Gasteiger partial charge on any atom is 0.335 e. The minimum Gasteiger partial charge on any atom is -0.478 e. The van der Waals surface area contributed by atoms with E-state index in [4.69, 9.17) is 0 Å². The van der Waals surface area contributed by atoms with Crippen LogP contribution < -0.4 is 16.0 Å². The van der Waals surface area contributed by atoms with Gasteiger partial charge >= 0.3 is 5.97 Å². The Morgan fingerprint density at radius 1 is 1.27 bits per heavy atom. The second-order valence-corrected chi connectivity index (χ2v) is 7.76. The Kier molecular flexibility index (Phi) is 5.17. The molecule has 0 unspecified atom stereocenters. The molecule has 1 atom stereocenters. The predicted molar refractivity (Wildman–Crippen MR) is 114 cm³/mol. The van der Waals surface area contributed by atoms with E-state index in [0.29, 0.717) is 28.1 Å². The van der Waals surface area contributed by atoms with E-state index < -0.39 is 5.97 Å². The quantitative estimate of drug-likeness (QED) is 0.497. The van der Waals surface area contributed by atoms with Crippen molar-refractivity contribution in [2.45, 2.75) is 32.7 Å². The molecular formula is C22H24N4O4. The summed E-state index contributed by atoms with van der Waals surface area (Å²) < 4.78 is 0. The minimum absolute atomic E-state index is 0.101. The van der Waals surface area contributed by atoms with Crippen LogP contribution in [0.5, 0.6) is 0 Å². The van der Waals surface area contributed by atoms with Gasteiger partial charge in [-0.3, -0.25) is 9.59 Å². The number of hydrogen-bond acceptors (Lipinski definition) is 4. The molecule has 0 saturated carbocycles. The van der Waals surface area contributed by atoms with Crippen molar-refractivity contribution in [1.29, 1.82) is 0 Å². The molecule has 2 aromatic rings. The van der Waals surface area contributed by atoms with Gasteiger partial charge in [0.15, 0.2) is 0 Å². The number of aromatic nitrogens is 1. The summed E-state index contributed by atoms with van der Waals surface area (Å²) >= 11 is 0. The highest BCUT2D eigenvalue weighted by Gasteiger charge is 2.27. The zero-order valence-corrected chi connectivity index (χ0v) is 16.9. The number of carboxylic acid groups (broad SMARTS) is 1. The van der Waals surface area contributed by atoms with E-state index in [0.717, 1.165) is 37.2 Å². The molecule has 0 aliphatic carbocycles. The van der Waals surface area contributed by atoms with Crippen molar-refractivity contribution < 1.29 is 19.5 Å². The summed E-state index contributed by atoms with van der Waals surface area (Å²) in [6.45, 7) is 5.40.